The van der Waals surface area contributed by atoms with Crippen LogP contribution in [0.2, 0.25) is 0 Å². The van der Waals surface area contributed by atoms with E-state index in [0.29, 0.717) is 50.4 Å². The molecule has 0 unspecified atom stereocenters. The molecular formula is C34H57N5O5. The quantitative estimate of drug-likeness (QED) is 0.111. The Morgan fingerprint density at radius 3 is 2.75 bits per heavy atom. The summed E-state index contributed by atoms with van der Waals surface area (Å²) >= 11 is 0. The van der Waals surface area contributed by atoms with Crippen LogP contribution in [-0.4, -0.2) is 96.3 Å². The summed E-state index contributed by atoms with van der Waals surface area (Å²) in [5.74, 6) is 0.575. The van der Waals surface area contributed by atoms with Crippen LogP contribution in [0.5, 0.6) is 0 Å². The largest absolute Gasteiger partial charge is 0.478 e. The monoisotopic (exact) mass is 615 g/mol. The van der Waals surface area contributed by atoms with E-state index in [9.17, 15) is 20.1 Å². The van der Waals surface area contributed by atoms with E-state index in [1.165, 1.54) is 0 Å². The number of guanidine groups is 1. The van der Waals surface area contributed by atoms with Gasteiger partial charge in [-0.1, -0.05) is 26.8 Å². The number of allylic oxidation sites excluding steroid dienone is 1. The molecule has 0 amide bonds. The molecule has 248 valence electrons. The van der Waals surface area contributed by atoms with Gasteiger partial charge in [-0.05, 0) is 93.6 Å². The highest BCUT2D eigenvalue weighted by Crippen LogP contribution is 2.77. The molecule has 4 aliphatic carbocycles. The van der Waals surface area contributed by atoms with Crippen LogP contribution in [0.1, 0.15) is 78.6 Å². The normalized spacial score (nSPS) is 38.7. The topological polar surface area (TPSA) is 153 Å². The van der Waals surface area contributed by atoms with E-state index in [1.807, 2.05) is 11.1 Å². The minimum Gasteiger partial charge on any atom is -0.478 e. The smallest absolute Gasteiger partial charge is 0.334 e. The van der Waals surface area contributed by atoms with Crippen molar-refractivity contribution >= 4 is 11.9 Å². The SMILES string of the molecule is CN=C(N)N1C=C[C@H](CNCCO)[C@@]2(C1)[C@@H]1CC[C@@H](C)[C@]23C[C@](O)(CO[C@H]2CCC[C@H](NCCC(C)C)C2)C(C(=O)O)=C3C1. The first kappa shape index (κ1) is 33.4. The number of aliphatic hydroxyl groups excluding tert-OH is 1. The lowest BCUT2D eigenvalue weighted by molar-refractivity contribution is -0.143. The Morgan fingerprint density at radius 2 is 2.05 bits per heavy atom. The molecule has 44 heavy (non-hydrogen) atoms. The Labute approximate surface area is 263 Å². The summed E-state index contributed by atoms with van der Waals surface area (Å²) < 4.78 is 6.51. The molecule has 1 heterocycles. The van der Waals surface area contributed by atoms with Crippen molar-refractivity contribution < 1.29 is 24.9 Å². The van der Waals surface area contributed by atoms with Gasteiger partial charge < -0.3 is 41.3 Å². The van der Waals surface area contributed by atoms with Crippen molar-refractivity contribution in [1.82, 2.24) is 15.5 Å². The highest BCUT2D eigenvalue weighted by Gasteiger charge is 2.75. The molecule has 3 saturated carbocycles. The van der Waals surface area contributed by atoms with Crippen molar-refractivity contribution in [2.45, 2.75) is 96.3 Å². The van der Waals surface area contributed by atoms with Crippen LogP contribution in [-0.2, 0) is 9.53 Å². The molecule has 2 spiro atoms. The molecule has 0 radical (unpaired) electrons. The van der Waals surface area contributed by atoms with Crippen LogP contribution < -0.4 is 16.4 Å². The summed E-state index contributed by atoms with van der Waals surface area (Å²) in [6.45, 7) is 9.54. The fraction of sp³-hybridized carbons (Fsp3) is 0.824. The predicted molar refractivity (Wildman–Crippen MR) is 172 cm³/mol. The van der Waals surface area contributed by atoms with Crippen molar-refractivity contribution in [3.8, 4) is 0 Å². The fourth-order valence-electron chi connectivity index (χ4n) is 10.0. The van der Waals surface area contributed by atoms with Gasteiger partial charge in [-0.3, -0.25) is 4.99 Å². The number of carboxylic acid groups (broad SMARTS) is 1. The summed E-state index contributed by atoms with van der Waals surface area (Å²) in [5.41, 5.74) is 5.06. The van der Waals surface area contributed by atoms with Crippen LogP contribution in [0.25, 0.3) is 0 Å². The molecule has 10 nitrogen and oxygen atoms in total. The van der Waals surface area contributed by atoms with Gasteiger partial charge in [-0.2, -0.15) is 0 Å². The van der Waals surface area contributed by atoms with Crippen LogP contribution in [0.4, 0.5) is 0 Å². The number of carboxylic acids is 1. The van der Waals surface area contributed by atoms with Crippen molar-refractivity contribution in [3.05, 3.63) is 23.4 Å². The molecule has 1 aliphatic heterocycles. The summed E-state index contributed by atoms with van der Waals surface area (Å²) in [7, 11) is 1.69. The molecule has 7 N–H and O–H groups in total. The third kappa shape index (κ3) is 5.74. The van der Waals surface area contributed by atoms with Gasteiger partial charge >= 0.3 is 5.97 Å². The number of nitrogens with one attached hydrogen (secondary N) is 2. The number of aliphatic carboxylic acids is 1. The third-order valence-electron chi connectivity index (χ3n) is 12.0. The molecule has 3 fully saturated rings. The van der Waals surface area contributed by atoms with Crippen molar-refractivity contribution in [2.24, 2.45) is 45.2 Å². The van der Waals surface area contributed by atoms with Gasteiger partial charge in [0, 0.05) is 49.8 Å². The molecular weight excluding hydrogens is 558 g/mol. The molecule has 0 aromatic heterocycles. The molecule has 0 aromatic carbocycles. The van der Waals surface area contributed by atoms with Gasteiger partial charge in [0.15, 0.2) is 5.96 Å². The highest BCUT2D eigenvalue weighted by molar-refractivity contribution is 5.92. The van der Waals surface area contributed by atoms with Gasteiger partial charge in [0.2, 0.25) is 0 Å². The minimum absolute atomic E-state index is 0.00225. The number of carbonyl (C=O) groups is 1. The van der Waals surface area contributed by atoms with E-state index in [2.05, 4.69) is 42.5 Å². The van der Waals surface area contributed by atoms with E-state index >= 15 is 0 Å². The number of rotatable bonds is 12. The maximum Gasteiger partial charge on any atom is 0.334 e. The molecule has 5 rings (SSSR count). The maximum atomic E-state index is 13.1. The summed E-state index contributed by atoms with van der Waals surface area (Å²) in [4.78, 5) is 19.4. The molecule has 2 bridgehead atoms. The Hall–Kier alpha value is -1.98. The van der Waals surface area contributed by atoms with Crippen molar-refractivity contribution in [1.29, 1.82) is 0 Å². The van der Waals surface area contributed by atoms with E-state index in [4.69, 9.17) is 10.5 Å². The van der Waals surface area contributed by atoms with Gasteiger partial charge in [0.1, 0.15) is 5.60 Å². The van der Waals surface area contributed by atoms with Crippen LogP contribution >= 0.6 is 0 Å². The maximum absolute atomic E-state index is 13.1. The van der Waals surface area contributed by atoms with Crippen molar-refractivity contribution in [3.63, 3.8) is 0 Å². The molecule has 10 heteroatoms. The Bertz CT molecular complexity index is 1140. The number of nitrogens with zero attached hydrogens (tertiary/aromatic N) is 2. The molecule has 5 aliphatic rings. The number of aliphatic imine (C=N–C) groups is 1. The third-order valence-corrected chi connectivity index (χ3v) is 12.0. The van der Waals surface area contributed by atoms with Gasteiger partial charge in [-0.25, -0.2) is 4.79 Å². The molecule has 8 atom stereocenters. The second-order valence-electron chi connectivity index (χ2n) is 14.8. The average molecular weight is 616 g/mol. The van der Waals surface area contributed by atoms with E-state index in [1.54, 1.807) is 7.05 Å². The number of ether oxygens (including phenoxy) is 1. The fourth-order valence-corrected chi connectivity index (χ4v) is 10.0. The number of aliphatic hydroxyl groups is 2. The van der Waals surface area contributed by atoms with Gasteiger partial charge in [0.05, 0.1) is 24.9 Å². The first-order chi connectivity index (χ1) is 21.0. The first-order valence-electron chi connectivity index (χ1n) is 17.1. The number of hydrogen-bond acceptors (Lipinski definition) is 7. The second kappa shape index (κ2) is 13.4. The van der Waals surface area contributed by atoms with Crippen LogP contribution in [0, 0.1) is 34.5 Å². The summed E-state index contributed by atoms with van der Waals surface area (Å²) in [5, 5.41) is 39.9. The van der Waals surface area contributed by atoms with Crippen LogP contribution in [0.15, 0.2) is 28.4 Å². The molecule has 0 saturated heterocycles. The Kier molecular flexibility index (Phi) is 10.2. The van der Waals surface area contributed by atoms with E-state index < -0.39 is 17.0 Å². The van der Waals surface area contributed by atoms with Crippen molar-refractivity contribution in [2.75, 3.05) is 46.4 Å². The Balaban J connectivity index is 1.46. The summed E-state index contributed by atoms with van der Waals surface area (Å²) in [6, 6.07) is 0.390. The lowest BCUT2D eigenvalue weighted by atomic mass is 9.46. The zero-order chi connectivity index (χ0) is 31.7. The first-order valence-corrected chi connectivity index (χ1v) is 17.1. The van der Waals surface area contributed by atoms with Crippen LogP contribution in [0.3, 0.4) is 0 Å². The zero-order valence-electron chi connectivity index (χ0n) is 27.4. The summed E-state index contributed by atoms with van der Waals surface area (Å²) in [6.07, 6.45) is 12.3. The Morgan fingerprint density at radius 1 is 1.25 bits per heavy atom. The molecule has 0 aromatic rings. The lowest BCUT2D eigenvalue weighted by Crippen LogP contribution is -2.62. The lowest BCUT2D eigenvalue weighted by Gasteiger charge is -2.61. The number of hydrogen-bond donors (Lipinski definition) is 6. The van der Waals surface area contributed by atoms with Gasteiger partial charge in [-0.15, -0.1) is 0 Å². The minimum atomic E-state index is -1.57. The number of nitrogens with two attached hydrogens (primary N) is 1. The second-order valence-corrected chi connectivity index (χ2v) is 14.8. The van der Waals surface area contributed by atoms with E-state index in [0.717, 1.165) is 57.1 Å². The predicted octanol–water partition coefficient (Wildman–Crippen LogP) is 2.86. The average Bonchev–Trinajstić information content (AvgIpc) is 3.34. The van der Waals surface area contributed by atoms with Gasteiger partial charge in [0.25, 0.3) is 0 Å². The highest BCUT2D eigenvalue weighted by atomic mass is 16.5. The van der Waals surface area contributed by atoms with E-state index in [-0.39, 0.29) is 48.1 Å². The standard InChI is InChI=1S/C34H57N5O5/c1-22(2)10-12-38-26-6-5-7-27(17-26)44-21-32(43)19-33-23(3)8-9-24(16-28(33)29(32)30(41)42)34(33)20-39(31(35)36-4)14-11-25(34)18-37-13-15-40/h11,14,22-27,37-38,40,43H,5-10,12-13,15-21H2,1-4H3,(H2,35,36)(H,41,42)/t23-,24-,25-,26+,27+,32+,33+,34-/m1/s1. The zero-order valence-corrected chi connectivity index (χ0v) is 27.4.